The van der Waals surface area contributed by atoms with Crippen molar-refractivity contribution in [1.29, 1.82) is 0 Å². The Kier molecular flexibility index (Phi) is 4.01. The molecule has 0 N–H and O–H groups in total. The first kappa shape index (κ1) is 14.2. The van der Waals surface area contributed by atoms with Crippen LogP contribution in [0.1, 0.15) is 34.8 Å². The first-order chi connectivity index (χ1) is 10.2. The lowest BCUT2D eigenvalue weighted by atomic mass is 10.1. The minimum absolute atomic E-state index is 0.0719. The third-order valence-electron chi connectivity index (χ3n) is 3.70. The smallest absolute Gasteiger partial charge is 0.273 e. The maximum absolute atomic E-state index is 14.0. The molecule has 1 aliphatic heterocycles. The van der Waals surface area contributed by atoms with Crippen molar-refractivity contribution in [3.63, 3.8) is 0 Å². The van der Waals surface area contributed by atoms with E-state index < -0.39 is 0 Å². The molecule has 2 heterocycles. The fourth-order valence-corrected chi connectivity index (χ4v) is 3.58. The van der Waals surface area contributed by atoms with E-state index in [1.54, 1.807) is 18.2 Å². The van der Waals surface area contributed by atoms with E-state index in [1.165, 1.54) is 23.8 Å². The first-order valence-corrected chi connectivity index (χ1v) is 8.00. The van der Waals surface area contributed by atoms with E-state index in [1.807, 2.05) is 11.8 Å². The fraction of sp³-hybridized carbons (Fsp3) is 0.375. The Morgan fingerprint density at radius 3 is 2.67 bits per heavy atom. The van der Waals surface area contributed by atoms with Gasteiger partial charge in [-0.05, 0) is 32.3 Å². The summed E-state index contributed by atoms with van der Waals surface area (Å²) in [4.78, 5) is 19.5. The average molecular weight is 304 g/mol. The highest BCUT2D eigenvalue weighted by Crippen LogP contribution is 2.33. The van der Waals surface area contributed by atoms with Crippen LogP contribution < -0.4 is 0 Å². The first-order valence-electron chi connectivity index (χ1n) is 7.18. The summed E-state index contributed by atoms with van der Waals surface area (Å²) in [6, 6.07) is 6.55. The van der Waals surface area contributed by atoms with Crippen LogP contribution in [0.25, 0.3) is 10.4 Å². The van der Waals surface area contributed by atoms with E-state index >= 15 is 0 Å². The van der Waals surface area contributed by atoms with Gasteiger partial charge in [0.15, 0.2) is 0 Å². The Bertz CT molecular complexity index is 662. The highest BCUT2D eigenvalue weighted by molar-refractivity contribution is 7.15. The minimum Gasteiger partial charge on any atom is -0.337 e. The summed E-state index contributed by atoms with van der Waals surface area (Å²) in [6.07, 6.45) is 3.23. The van der Waals surface area contributed by atoms with Crippen molar-refractivity contribution in [1.82, 2.24) is 9.88 Å². The number of carbonyl (C=O) groups excluding carboxylic acids is 1. The summed E-state index contributed by atoms with van der Waals surface area (Å²) in [5, 5.41) is 0.786. The highest BCUT2D eigenvalue weighted by atomic mass is 32.1. The number of hydrogen-bond acceptors (Lipinski definition) is 3. The molecule has 21 heavy (non-hydrogen) atoms. The number of halogens is 1. The van der Waals surface area contributed by atoms with Crippen molar-refractivity contribution in [3.8, 4) is 10.4 Å². The molecule has 1 aromatic heterocycles. The van der Waals surface area contributed by atoms with Gasteiger partial charge >= 0.3 is 0 Å². The lowest BCUT2D eigenvalue weighted by molar-refractivity contribution is 0.0720. The van der Waals surface area contributed by atoms with Crippen LogP contribution in [0.5, 0.6) is 0 Å². The molecule has 0 spiro atoms. The SMILES string of the molecule is Cc1nc(C(=O)N2CCCCC2)c(-c2ccccc2F)s1. The molecule has 1 amide bonds. The predicted octanol–water partition coefficient (Wildman–Crippen LogP) is 3.88. The summed E-state index contributed by atoms with van der Waals surface area (Å²) < 4.78 is 14.0. The van der Waals surface area contributed by atoms with Crippen LogP contribution in [0.4, 0.5) is 4.39 Å². The molecule has 1 aliphatic rings. The van der Waals surface area contributed by atoms with E-state index in [-0.39, 0.29) is 11.7 Å². The average Bonchev–Trinajstić information content (AvgIpc) is 2.89. The van der Waals surface area contributed by atoms with E-state index in [2.05, 4.69) is 4.98 Å². The van der Waals surface area contributed by atoms with Gasteiger partial charge in [-0.15, -0.1) is 11.3 Å². The quantitative estimate of drug-likeness (QED) is 0.843. The maximum atomic E-state index is 14.0. The zero-order valence-electron chi connectivity index (χ0n) is 11.9. The summed E-state index contributed by atoms with van der Waals surface area (Å²) in [5.41, 5.74) is 0.855. The van der Waals surface area contributed by atoms with Crippen molar-refractivity contribution in [2.45, 2.75) is 26.2 Å². The number of carbonyl (C=O) groups is 1. The number of aromatic nitrogens is 1. The minimum atomic E-state index is -0.311. The molecular weight excluding hydrogens is 287 g/mol. The maximum Gasteiger partial charge on any atom is 0.273 e. The Hall–Kier alpha value is -1.75. The molecular formula is C16H17FN2OS. The van der Waals surface area contributed by atoms with E-state index in [0.29, 0.717) is 16.1 Å². The molecule has 0 atom stereocenters. The Morgan fingerprint density at radius 1 is 1.24 bits per heavy atom. The number of thiazole rings is 1. The van der Waals surface area contributed by atoms with E-state index in [4.69, 9.17) is 0 Å². The molecule has 0 saturated carbocycles. The van der Waals surface area contributed by atoms with Gasteiger partial charge in [0, 0.05) is 18.7 Å². The molecule has 110 valence electrons. The van der Waals surface area contributed by atoms with Gasteiger partial charge in [-0.1, -0.05) is 18.2 Å². The second-order valence-corrected chi connectivity index (χ2v) is 6.45. The fourth-order valence-electron chi connectivity index (χ4n) is 2.65. The molecule has 1 fully saturated rings. The molecule has 5 heteroatoms. The third kappa shape index (κ3) is 2.83. The predicted molar refractivity (Wildman–Crippen MR) is 82.0 cm³/mol. The molecule has 1 saturated heterocycles. The Labute approximate surface area is 127 Å². The number of likely N-dealkylation sites (tertiary alicyclic amines) is 1. The molecule has 1 aromatic carbocycles. The van der Waals surface area contributed by atoms with Gasteiger partial charge in [0.2, 0.25) is 0 Å². The van der Waals surface area contributed by atoms with Crippen molar-refractivity contribution < 1.29 is 9.18 Å². The van der Waals surface area contributed by atoms with Gasteiger partial charge < -0.3 is 4.90 Å². The molecule has 3 nitrogen and oxygen atoms in total. The van der Waals surface area contributed by atoms with Crippen molar-refractivity contribution >= 4 is 17.2 Å². The number of rotatable bonds is 2. The lowest BCUT2D eigenvalue weighted by Crippen LogP contribution is -2.36. The van der Waals surface area contributed by atoms with Crippen LogP contribution in [0, 0.1) is 12.7 Å². The molecule has 0 aliphatic carbocycles. The van der Waals surface area contributed by atoms with E-state index in [9.17, 15) is 9.18 Å². The van der Waals surface area contributed by atoms with Crippen molar-refractivity contribution in [3.05, 3.63) is 40.8 Å². The monoisotopic (exact) mass is 304 g/mol. The van der Waals surface area contributed by atoms with E-state index in [0.717, 1.165) is 30.9 Å². The van der Waals surface area contributed by atoms with Gasteiger partial charge in [0.1, 0.15) is 11.5 Å². The summed E-state index contributed by atoms with van der Waals surface area (Å²) in [6.45, 7) is 3.39. The molecule has 0 radical (unpaired) electrons. The standard InChI is InChI=1S/C16H17FN2OS/c1-11-18-14(16(20)19-9-5-2-6-10-19)15(21-11)12-7-3-4-8-13(12)17/h3-4,7-8H,2,5-6,9-10H2,1H3. The van der Waals surface area contributed by atoms with Gasteiger partial charge in [0.25, 0.3) is 5.91 Å². The van der Waals surface area contributed by atoms with Crippen LogP contribution in [-0.4, -0.2) is 28.9 Å². The Morgan fingerprint density at radius 2 is 1.95 bits per heavy atom. The Balaban J connectivity index is 2.00. The van der Waals surface area contributed by atoms with Gasteiger partial charge in [-0.25, -0.2) is 9.37 Å². The third-order valence-corrected chi connectivity index (χ3v) is 4.70. The van der Waals surface area contributed by atoms with Crippen LogP contribution >= 0.6 is 11.3 Å². The normalized spacial score (nSPS) is 15.2. The highest BCUT2D eigenvalue weighted by Gasteiger charge is 2.25. The van der Waals surface area contributed by atoms with Crippen LogP contribution in [0.3, 0.4) is 0 Å². The number of piperidine rings is 1. The molecule has 0 unspecified atom stereocenters. The zero-order chi connectivity index (χ0) is 14.8. The topological polar surface area (TPSA) is 33.2 Å². The second-order valence-electron chi connectivity index (χ2n) is 5.24. The van der Waals surface area contributed by atoms with Gasteiger partial charge in [-0.2, -0.15) is 0 Å². The van der Waals surface area contributed by atoms with Crippen LogP contribution in [0.15, 0.2) is 24.3 Å². The van der Waals surface area contributed by atoms with Crippen molar-refractivity contribution in [2.24, 2.45) is 0 Å². The number of hydrogen-bond donors (Lipinski definition) is 0. The van der Waals surface area contributed by atoms with Crippen LogP contribution in [-0.2, 0) is 0 Å². The summed E-state index contributed by atoms with van der Waals surface area (Å²) >= 11 is 1.38. The molecule has 0 bridgehead atoms. The second kappa shape index (κ2) is 5.93. The summed E-state index contributed by atoms with van der Waals surface area (Å²) in [5.74, 6) is -0.383. The number of benzene rings is 1. The number of aryl methyl sites for hydroxylation is 1. The van der Waals surface area contributed by atoms with Gasteiger partial charge in [-0.3, -0.25) is 4.79 Å². The van der Waals surface area contributed by atoms with Gasteiger partial charge in [0.05, 0.1) is 9.88 Å². The van der Waals surface area contributed by atoms with Crippen LogP contribution in [0.2, 0.25) is 0 Å². The molecule has 2 aromatic rings. The molecule has 3 rings (SSSR count). The zero-order valence-corrected chi connectivity index (χ0v) is 12.8. The largest absolute Gasteiger partial charge is 0.337 e. The lowest BCUT2D eigenvalue weighted by Gasteiger charge is -2.26. The number of amides is 1. The summed E-state index contributed by atoms with van der Waals surface area (Å²) in [7, 11) is 0. The van der Waals surface area contributed by atoms with Crippen molar-refractivity contribution in [2.75, 3.05) is 13.1 Å². The number of nitrogens with zero attached hydrogens (tertiary/aromatic N) is 2.